The number of aliphatic hydroxyl groups is 2. The number of nitrogens with one attached hydrogen (secondary N) is 1. The Morgan fingerprint density at radius 1 is 1.46 bits per heavy atom. The van der Waals surface area contributed by atoms with Crippen LogP contribution in [0.3, 0.4) is 0 Å². The lowest BCUT2D eigenvalue weighted by Crippen LogP contribution is -2.44. The number of hydrogen-bond acceptors (Lipinski definition) is 13. The molecule has 2 fully saturated rings. The molecule has 37 heavy (non-hydrogen) atoms. The zero-order chi connectivity index (χ0) is 26.8. The number of nitrogens with two attached hydrogens (primary N) is 1. The van der Waals surface area contributed by atoms with E-state index in [0.29, 0.717) is 30.7 Å². The third kappa shape index (κ3) is 5.87. The summed E-state index contributed by atoms with van der Waals surface area (Å²) in [4.78, 5) is 24.9. The molecular weight excluding hydrogens is 527 g/mol. The number of fused-ring (bicyclic) bond motifs is 1. The van der Waals surface area contributed by atoms with Gasteiger partial charge in [0.1, 0.15) is 23.9 Å². The van der Waals surface area contributed by atoms with Gasteiger partial charge in [-0.3, -0.25) is 13.9 Å². The number of nitrogen functional groups attached to an aromatic ring is 1. The maximum Gasteiger partial charge on any atom is 0.327 e. The number of rotatable bonds is 9. The first-order valence-corrected chi connectivity index (χ1v) is 15.2. The minimum atomic E-state index is -3.54. The molecule has 206 valence electrons. The van der Waals surface area contributed by atoms with E-state index < -0.39 is 42.8 Å². The molecule has 0 amide bonds. The van der Waals surface area contributed by atoms with Crippen molar-refractivity contribution >= 4 is 41.2 Å². The highest BCUT2D eigenvalue weighted by atomic mass is 32.7. The number of carbonyl (C=O) groups is 1. The van der Waals surface area contributed by atoms with Crippen molar-refractivity contribution in [1.29, 1.82) is 0 Å². The second-order valence-corrected chi connectivity index (χ2v) is 13.5. The van der Waals surface area contributed by atoms with Crippen LogP contribution in [0.25, 0.3) is 11.2 Å². The Hall–Kier alpha value is -2.00. The average molecular weight is 561 g/mol. The molecule has 4 heterocycles. The van der Waals surface area contributed by atoms with E-state index in [4.69, 9.17) is 24.5 Å². The molecule has 16 heteroatoms. The Balaban J connectivity index is 1.47. The number of nitrogens with zero attached hydrogens (tertiary/aromatic N) is 4. The zero-order valence-corrected chi connectivity index (χ0v) is 22.6. The minimum Gasteiger partial charge on any atom is -0.479 e. The van der Waals surface area contributed by atoms with Gasteiger partial charge in [-0.2, -0.15) is 9.97 Å². The Morgan fingerprint density at radius 2 is 2.24 bits per heavy atom. The molecule has 0 aromatic carbocycles. The number of aromatic nitrogens is 4. The van der Waals surface area contributed by atoms with E-state index in [-0.39, 0.29) is 24.1 Å². The summed E-state index contributed by atoms with van der Waals surface area (Å²) in [5, 5.41) is 24.9. The Bertz CT molecular complexity index is 1170. The molecule has 0 radical (unpaired) electrons. The lowest BCUT2D eigenvalue weighted by atomic mass is 9.96. The Morgan fingerprint density at radius 3 is 2.97 bits per heavy atom. The van der Waals surface area contributed by atoms with E-state index in [1.807, 2.05) is 6.92 Å². The average Bonchev–Trinajstić information content (AvgIpc) is 3.28. The minimum absolute atomic E-state index is 0.0680. The van der Waals surface area contributed by atoms with Crippen molar-refractivity contribution < 1.29 is 38.3 Å². The first kappa shape index (κ1) is 28.0. The molecule has 4 rings (SSSR count). The number of methoxy groups -OCH3 is 1. The van der Waals surface area contributed by atoms with Crippen LogP contribution in [0.5, 0.6) is 5.88 Å². The highest BCUT2D eigenvalue weighted by Gasteiger charge is 2.54. The topological polar surface area (TPSA) is 193 Å². The zero-order valence-electron chi connectivity index (χ0n) is 20.9. The molecule has 6 atom stereocenters. The molecule has 2 aliphatic rings. The van der Waals surface area contributed by atoms with Gasteiger partial charge in [0.15, 0.2) is 17.4 Å². The molecule has 2 aromatic heterocycles. The summed E-state index contributed by atoms with van der Waals surface area (Å²) in [5.41, 5.74) is 4.53. The van der Waals surface area contributed by atoms with Crippen LogP contribution in [0, 0.1) is 0 Å². The summed E-state index contributed by atoms with van der Waals surface area (Å²) in [6.45, 7) is -0.156. The first-order chi connectivity index (χ1) is 17.6. The van der Waals surface area contributed by atoms with Crippen LogP contribution in [0.1, 0.15) is 45.8 Å². The van der Waals surface area contributed by atoms with Crippen LogP contribution >= 0.6 is 18.1 Å². The SMILES string of the molecule is CCCCOC(=O)[C@H]1CCCSP(=O)(OC[C@H]2OC(n3cnc4c(OC)nc(N)nc43)[C@](C)(O)[C@@H]2O)N1. The highest BCUT2D eigenvalue weighted by Crippen LogP contribution is 2.58. The summed E-state index contributed by atoms with van der Waals surface area (Å²) >= 11 is 1.08. The molecule has 2 aromatic rings. The number of ether oxygens (including phenoxy) is 3. The van der Waals surface area contributed by atoms with Crippen molar-refractivity contribution in [2.45, 2.75) is 69.6 Å². The van der Waals surface area contributed by atoms with Gasteiger partial charge in [0.05, 0.1) is 26.7 Å². The van der Waals surface area contributed by atoms with E-state index in [1.165, 1.54) is 24.9 Å². The normalized spacial score (nSPS) is 32.4. The fourth-order valence-electron chi connectivity index (χ4n) is 4.20. The molecule has 2 unspecified atom stereocenters. The standard InChI is InChI=1S/C21H33N6O8PS/c1-4-5-8-33-18(29)12-7-6-9-37-36(31,26-12)34-10-13-15(28)21(2,30)19(35-13)27-11-23-14-16(27)24-20(22)25-17(14)32-3/h11-13,15,19,28,30H,4-10H2,1-3H3,(H,26,31)(H2,22,24,25)/t12-,13-,15-,19?,21-,36?/m1/s1. The number of hydrogen-bond donors (Lipinski definition) is 4. The molecule has 14 nitrogen and oxygen atoms in total. The lowest BCUT2D eigenvalue weighted by molar-refractivity contribution is -0.146. The maximum absolute atomic E-state index is 13.5. The van der Waals surface area contributed by atoms with Crippen LogP contribution in [0.15, 0.2) is 6.33 Å². The van der Waals surface area contributed by atoms with Crippen molar-refractivity contribution in [3.63, 3.8) is 0 Å². The largest absolute Gasteiger partial charge is 0.479 e. The summed E-state index contributed by atoms with van der Waals surface area (Å²) in [5.74, 6) is 0.128. The summed E-state index contributed by atoms with van der Waals surface area (Å²) in [6.07, 6.45) is 0.538. The van der Waals surface area contributed by atoms with Crippen LogP contribution in [0.2, 0.25) is 0 Å². The third-order valence-corrected chi connectivity index (χ3v) is 10.4. The second-order valence-electron chi connectivity index (χ2n) is 9.08. The molecular formula is C21H33N6O8PS. The number of anilines is 1. The predicted molar refractivity (Wildman–Crippen MR) is 135 cm³/mol. The van der Waals surface area contributed by atoms with Crippen LogP contribution < -0.4 is 15.6 Å². The van der Waals surface area contributed by atoms with E-state index in [1.54, 1.807) is 0 Å². The number of carbonyl (C=O) groups excluding carboxylic acids is 1. The van der Waals surface area contributed by atoms with Gasteiger partial charge in [-0.25, -0.2) is 10.1 Å². The van der Waals surface area contributed by atoms with Gasteiger partial charge in [0.2, 0.25) is 11.8 Å². The molecule has 0 bridgehead atoms. The second kappa shape index (κ2) is 11.4. The van der Waals surface area contributed by atoms with E-state index >= 15 is 0 Å². The first-order valence-electron chi connectivity index (χ1n) is 12.0. The molecule has 2 aliphatic heterocycles. The summed E-state index contributed by atoms with van der Waals surface area (Å²) < 4.78 is 37.1. The monoisotopic (exact) mass is 560 g/mol. The van der Waals surface area contributed by atoms with Gasteiger partial charge in [-0.05, 0) is 26.2 Å². The van der Waals surface area contributed by atoms with Gasteiger partial charge in [-0.1, -0.05) is 24.7 Å². The number of imidazole rings is 1. The van der Waals surface area contributed by atoms with E-state index in [2.05, 4.69) is 20.0 Å². The predicted octanol–water partition coefficient (Wildman–Crippen LogP) is 1.38. The highest BCUT2D eigenvalue weighted by molar-refractivity contribution is 8.56. The van der Waals surface area contributed by atoms with Crippen molar-refractivity contribution in [1.82, 2.24) is 24.6 Å². The van der Waals surface area contributed by atoms with Crippen molar-refractivity contribution in [3.8, 4) is 5.88 Å². The van der Waals surface area contributed by atoms with Crippen LogP contribution in [-0.2, 0) is 23.4 Å². The number of esters is 1. The number of aliphatic hydroxyl groups excluding tert-OH is 1. The smallest absolute Gasteiger partial charge is 0.327 e. The van der Waals surface area contributed by atoms with Crippen LogP contribution in [-0.4, -0.2) is 85.6 Å². The van der Waals surface area contributed by atoms with E-state index in [0.717, 1.165) is 24.2 Å². The van der Waals surface area contributed by atoms with Gasteiger partial charge in [0, 0.05) is 5.75 Å². The molecule has 0 aliphatic carbocycles. The summed E-state index contributed by atoms with van der Waals surface area (Å²) in [7, 11) is 1.41. The van der Waals surface area contributed by atoms with Gasteiger partial charge >= 0.3 is 12.7 Å². The van der Waals surface area contributed by atoms with Crippen molar-refractivity contribution in [3.05, 3.63) is 6.33 Å². The quantitative estimate of drug-likeness (QED) is 0.195. The molecule has 2 saturated heterocycles. The molecule has 0 spiro atoms. The Labute approximate surface area is 217 Å². The summed E-state index contributed by atoms with van der Waals surface area (Å²) in [6, 6.07) is -0.764. The van der Waals surface area contributed by atoms with Gasteiger partial charge < -0.3 is 34.7 Å². The van der Waals surface area contributed by atoms with Crippen molar-refractivity contribution in [2.24, 2.45) is 0 Å². The maximum atomic E-state index is 13.5. The molecule has 5 N–H and O–H groups in total. The van der Waals surface area contributed by atoms with Crippen molar-refractivity contribution in [2.75, 3.05) is 31.8 Å². The molecule has 0 saturated carbocycles. The number of unbranched alkanes of at least 4 members (excludes halogenated alkanes) is 1. The lowest BCUT2D eigenvalue weighted by Gasteiger charge is -2.27. The fraction of sp³-hybridized carbons (Fsp3) is 0.714. The third-order valence-electron chi connectivity index (χ3n) is 6.26. The van der Waals surface area contributed by atoms with Gasteiger partial charge in [-0.15, -0.1) is 0 Å². The van der Waals surface area contributed by atoms with E-state index in [9.17, 15) is 19.6 Å². The Kier molecular flexibility index (Phi) is 8.63. The fourth-order valence-corrected chi connectivity index (χ4v) is 8.04. The van der Waals surface area contributed by atoms with Crippen LogP contribution in [0.4, 0.5) is 5.95 Å². The van der Waals surface area contributed by atoms with Gasteiger partial charge in [0.25, 0.3) is 0 Å².